The zero-order valence-electron chi connectivity index (χ0n) is 18.3. The van der Waals surface area contributed by atoms with Gasteiger partial charge in [0.15, 0.2) is 0 Å². The summed E-state index contributed by atoms with van der Waals surface area (Å²) < 4.78 is 47.8. The maximum atomic E-state index is 12.9. The highest BCUT2D eigenvalue weighted by Gasteiger charge is 2.30. The maximum Gasteiger partial charge on any atom is 0.416 e. The van der Waals surface area contributed by atoms with Gasteiger partial charge >= 0.3 is 6.18 Å². The number of fused-ring (bicyclic) bond motifs is 3. The molecule has 0 unspecified atom stereocenters. The van der Waals surface area contributed by atoms with Gasteiger partial charge in [-0.1, -0.05) is 48.5 Å². The van der Waals surface area contributed by atoms with Crippen LogP contribution in [0.15, 0.2) is 90.8 Å². The zero-order valence-corrected chi connectivity index (χ0v) is 17.3. The number of hydrogen-bond donors (Lipinski definition) is 0. The van der Waals surface area contributed by atoms with Crippen LogP contribution in [0.1, 0.15) is 23.6 Å². The number of benzene rings is 2. The predicted octanol–water partition coefficient (Wildman–Crippen LogP) is 5.90. The molecule has 2 aliphatic heterocycles. The Balaban J connectivity index is 1.46. The van der Waals surface area contributed by atoms with Crippen LogP contribution in [0.3, 0.4) is 0 Å². The number of nitrogens with zero attached hydrogens (tertiary/aromatic N) is 3. The summed E-state index contributed by atoms with van der Waals surface area (Å²) in [5.74, 6) is 0.661. The summed E-state index contributed by atoms with van der Waals surface area (Å²) >= 11 is 0. The molecule has 6 heteroatoms. The van der Waals surface area contributed by atoms with Crippen molar-refractivity contribution in [1.29, 1.82) is 0 Å². The molecule has 0 aliphatic carbocycles. The second-order valence-corrected chi connectivity index (χ2v) is 8.02. The highest BCUT2D eigenvalue weighted by molar-refractivity contribution is 5.89. The first-order valence-corrected chi connectivity index (χ1v) is 10.5. The quantitative estimate of drug-likeness (QED) is 0.509. The number of anilines is 1. The number of aromatic nitrogens is 1. The van der Waals surface area contributed by atoms with Crippen LogP contribution < -0.4 is 4.90 Å². The largest absolute Gasteiger partial charge is 0.416 e. The van der Waals surface area contributed by atoms with Gasteiger partial charge in [-0.3, -0.25) is 4.90 Å². The van der Waals surface area contributed by atoms with Crippen LogP contribution in [0.5, 0.6) is 0 Å². The molecule has 32 heavy (non-hydrogen) atoms. The number of pyridine rings is 1. The summed E-state index contributed by atoms with van der Waals surface area (Å²) in [6.07, 6.45) is -0.205. The van der Waals surface area contributed by atoms with Crippen LogP contribution in [-0.4, -0.2) is 23.0 Å². The summed E-state index contributed by atoms with van der Waals surface area (Å²) in [6.45, 7) is 2.45. The Morgan fingerprint density at radius 2 is 1.66 bits per heavy atom. The summed E-state index contributed by atoms with van der Waals surface area (Å²) in [5, 5.41) is 0. The van der Waals surface area contributed by atoms with Crippen molar-refractivity contribution in [3.63, 3.8) is 0 Å². The Hall–Kier alpha value is -3.38. The van der Waals surface area contributed by atoms with Crippen molar-refractivity contribution in [2.75, 3.05) is 18.0 Å². The van der Waals surface area contributed by atoms with Gasteiger partial charge in [-0.05, 0) is 46.5 Å². The van der Waals surface area contributed by atoms with E-state index in [0.717, 1.165) is 41.9 Å². The lowest BCUT2D eigenvalue weighted by Gasteiger charge is -2.35. The number of alkyl halides is 3. The van der Waals surface area contributed by atoms with Crippen molar-refractivity contribution in [3.8, 4) is 0 Å². The topological polar surface area (TPSA) is 19.4 Å². The van der Waals surface area contributed by atoms with Crippen LogP contribution in [0.25, 0.3) is 5.57 Å². The lowest BCUT2D eigenvalue weighted by atomic mass is 9.92. The lowest BCUT2D eigenvalue weighted by Crippen LogP contribution is -2.33. The van der Waals surface area contributed by atoms with E-state index in [-0.39, 0.29) is 6.54 Å². The molecular weight excluding hydrogens is 411 g/mol. The van der Waals surface area contributed by atoms with E-state index in [4.69, 9.17) is 1.37 Å². The van der Waals surface area contributed by atoms with E-state index in [1.807, 2.05) is 30.3 Å². The van der Waals surface area contributed by atoms with Gasteiger partial charge in [0.1, 0.15) is 5.82 Å². The van der Waals surface area contributed by atoms with Gasteiger partial charge < -0.3 is 4.90 Å². The average molecular weight is 434 g/mol. The predicted molar refractivity (Wildman–Crippen MR) is 120 cm³/mol. The van der Waals surface area contributed by atoms with Crippen molar-refractivity contribution in [1.82, 2.24) is 9.88 Å². The van der Waals surface area contributed by atoms with Crippen LogP contribution in [0, 0.1) is 0 Å². The first-order chi connectivity index (χ1) is 15.9. The fourth-order valence-corrected chi connectivity index (χ4v) is 4.18. The van der Waals surface area contributed by atoms with Crippen LogP contribution >= 0.6 is 0 Å². The normalized spacial score (nSPS) is 16.9. The molecule has 0 saturated carbocycles. The number of halogens is 3. The minimum Gasteiger partial charge on any atom is -0.328 e. The molecule has 2 aliphatic rings. The molecule has 162 valence electrons. The molecule has 3 heterocycles. The smallest absolute Gasteiger partial charge is 0.328 e. The molecule has 5 rings (SSSR count). The third-order valence-corrected chi connectivity index (χ3v) is 5.73. The molecule has 3 aromatic rings. The van der Waals surface area contributed by atoms with Crippen LogP contribution in [0.2, 0.25) is 0 Å². The standard InChI is InChI=1S/C26H22F3N3/c27-26(28,29)22-10-8-20(9-11-22)16-32-18-21-17-31(15-19-5-2-1-3-6-19)14-12-23(21)24-7-4-13-30-25(24)32/h1-13,18H,14-17H2/i18D. The van der Waals surface area contributed by atoms with E-state index in [9.17, 15) is 13.2 Å². The highest BCUT2D eigenvalue weighted by Crippen LogP contribution is 2.38. The Morgan fingerprint density at radius 3 is 2.41 bits per heavy atom. The molecule has 0 atom stereocenters. The van der Waals surface area contributed by atoms with Crippen molar-refractivity contribution in [3.05, 3.63) is 113 Å². The van der Waals surface area contributed by atoms with Gasteiger partial charge in [-0.2, -0.15) is 13.2 Å². The first-order valence-electron chi connectivity index (χ1n) is 11.0. The Bertz CT molecular complexity index is 1220. The second-order valence-electron chi connectivity index (χ2n) is 8.02. The van der Waals surface area contributed by atoms with Crippen molar-refractivity contribution >= 4 is 11.4 Å². The second kappa shape index (κ2) is 8.28. The molecule has 0 saturated heterocycles. The monoisotopic (exact) mass is 434 g/mol. The molecule has 2 aromatic carbocycles. The van der Waals surface area contributed by atoms with Crippen LogP contribution in [-0.2, 0) is 19.3 Å². The number of hydrogen-bond acceptors (Lipinski definition) is 3. The van der Waals surface area contributed by atoms with Gasteiger partial charge in [0.2, 0.25) is 0 Å². The molecule has 0 fully saturated rings. The number of rotatable bonds is 4. The molecule has 0 radical (unpaired) electrons. The van der Waals surface area contributed by atoms with Gasteiger partial charge in [0, 0.05) is 44.1 Å². The molecular formula is C26H22F3N3. The summed E-state index contributed by atoms with van der Waals surface area (Å²) in [5.41, 5.74) is 4.10. The van der Waals surface area contributed by atoms with Crippen molar-refractivity contribution in [2.45, 2.75) is 19.3 Å². The van der Waals surface area contributed by atoms with Crippen molar-refractivity contribution in [2.24, 2.45) is 0 Å². The average Bonchev–Trinajstić information content (AvgIpc) is 2.82. The van der Waals surface area contributed by atoms with E-state index in [0.29, 0.717) is 24.1 Å². The Labute approximate surface area is 186 Å². The minimum absolute atomic E-state index is 0.274. The zero-order chi connectivity index (χ0) is 23.0. The summed E-state index contributed by atoms with van der Waals surface area (Å²) in [6, 6.07) is 19.2. The van der Waals surface area contributed by atoms with Gasteiger partial charge in [-0.15, -0.1) is 0 Å². The molecule has 0 spiro atoms. The third-order valence-electron chi connectivity index (χ3n) is 5.73. The SMILES string of the molecule is [2H]C1=C2CN(Cc3ccccc3)CC=C2c2cccnc2N1Cc1ccc(C(F)(F)F)cc1. The van der Waals surface area contributed by atoms with Crippen molar-refractivity contribution < 1.29 is 14.5 Å². The van der Waals surface area contributed by atoms with E-state index in [1.54, 1.807) is 11.1 Å². The summed E-state index contributed by atoms with van der Waals surface area (Å²) in [7, 11) is 0. The van der Waals surface area contributed by atoms with E-state index < -0.39 is 11.7 Å². The van der Waals surface area contributed by atoms with E-state index in [2.05, 4.69) is 28.1 Å². The van der Waals surface area contributed by atoms with Crippen LogP contribution in [0.4, 0.5) is 19.0 Å². The molecule has 0 N–H and O–H groups in total. The Morgan fingerprint density at radius 1 is 0.906 bits per heavy atom. The van der Waals surface area contributed by atoms with Gasteiger partial charge in [0.25, 0.3) is 0 Å². The molecule has 0 bridgehead atoms. The van der Waals surface area contributed by atoms with E-state index >= 15 is 0 Å². The molecule has 3 nitrogen and oxygen atoms in total. The third kappa shape index (κ3) is 4.18. The summed E-state index contributed by atoms with van der Waals surface area (Å²) in [4.78, 5) is 8.59. The fraction of sp³-hybridized carbons (Fsp3) is 0.192. The van der Waals surface area contributed by atoms with Gasteiger partial charge in [-0.25, -0.2) is 4.98 Å². The molecule has 1 aromatic heterocycles. The maximum absolute atomic E-state index is 12.9. The molecule has 0 amide bonds. The van der Waals surface area contributed by atoms with Gasteiger partial charge in [0.05, 0.1) is 6.93 Å². The fourth-order valence-electron chi connectivity index (χ4n) is 4.18. The highest BCUT2D eigenvalue weighted by atomic mass is 19.4. The lowest BCUT2D eigenvalue weighted by molar-refractivity contribution is -0.137. The van der Waals surface area contributed by atoms with E-state index in [1.165, 1.54) is 17.7 Å². The first kappa shape index (κ1) is 19.3. The Kier molecular flexibility index (Phi) is 5.00. The minimum atomic E-state index is -4.37.